The average Bonchev–Trinajstić information content (AvgIpc) is 2.79. The molecule has 2 amide bonds. The number of nitrogens with one attached hydrogen (secondary N) is 2. The standard InChI is InChI=1S/C11H20O4.C10H16N2O6S2/c1-6-11(4,8(12)13)7-10(2,3)9(14)15-5;1-3-17-20(16)8-10(14)12-6-5-11-9(13)7-18-19(15)4-2/h6-7H2,1-5H3,(H,12,13);3-4H,1-2,5-8H2,(H,11,13)(H,12,14). The Balaban J connectivity index is 0. The van der Waals surface area contributed by atoms with Crippen LogP contribution in [0.2, 0.25) is 0 Å². The predicted octanol–water partition coefficient (Wildman–Crippen LogP) is 0.943. The predicted molar refractivity (Wildman–Crippen MR) is 131 cm³/mol. The molecule has 0 fully saturated rings. The van der Waals surface area contributed by atoms with Crippen molar-refractivity contribution in [2.75, 3.05) is 32.6 Å². The molecule has 3 unspecified atom stereocenters. The third kappa shape index (κ3) is 15.9. The number of hydrogen-bond acceptors (Lipinski definition) is 9. The summed E-state index contributed by atoms with van der Waals surface area (Å²) in [5.74, 6) is -2.52. The zero-order valence-corrected chi connectivity index (χ0v) is 22.4. The number of ether oxygens (including phenoxy) is 1. The van der Waals surface area contributed by atoms with Crippen LogP contribution in [0.25, 0.3) is 0 Å². The Labute approximate surface area is 211 Å². The topological polar surface area (TPSA) is 174 Å². The molecule has 0 spiro atoms. The summed E-state index contributed by atoms with van der Waals surface area (Å²) in [6.07, 6.45) is 1.75. The molecule has 0 aromatic heterocycles. The highest BCUT2D eigenvalue weighted by molar-refractivity contribution is 7.83. The highest BCUT2D eigenvalue weighted by Crippen LogP contribution is 2.37. The van der Waals surface area contributed by atoms with Crippen molar-refractivity contribution in [2.45, 2.75) is 40.5 Å². The fraction of sp³-hybridized carbons (Fsp3) is 0.619. The third-order valence-electron chi connectivity index (χ3n) is 4.50. The normalized spacial score (nSPS) is 14.0. The van der Waals surface area contributed by atoms with E-state index in [0.717, 1.165) is 11.7 Å². The van der Waals surface area contributed by atoms with Crippen LogP contribution in [0.15, 0.2) is 24.8 Å². The second kappa shape index (κ2) is 17.8. The second-order valence-electron chi connectivity index (χ2n) is 7.87. The minimum atomic E-state index is -1.75. The molecule has 3 N–H and O–H groups in total. The third-order valence-corrected chi connectivity index (χ3v) is 5.97. The highest BCUT2D eigenvalue weighted by Gasteiger charge is 2.41. The van der Waals surface area contributed by atoms with Crippen molar-refractivity contribution in [3.05, 3.63) is 24.8 Å². The van der Waals surface area contributed by atoms with Gasteiger partial charge < -0.3 is 24.7 Å². The van der Waals surface area contributed by atoms with Crippen LogP contribution < -0.4 is 10.6 Å². The molecule has 0 aliphatic heterocycles. The summed E-state index contributed by atoms with van der Waals surface area (Å²) in [4.78, 5) is 44.9. The fourth-order valence-electron chi connectivity index (χ4n) is 2.56. The van der Waals surface area contributed by atoms with Crippen molar-refractivity contribution < 1.29 is 45.8 Å². The minimum absolute atomic E-state index is 0.153. The summed E-state index contributed by atoms with van der Waals surface area (Å²) < 4.78 is 35.5. The lowest BCUT2D eigenvalue weighted by atomic mass is 9.72. The van der Waals surface area contributed by atoms with Gasteiger partial charge in [0.2, 0.25) is 22.9 Å². The molecule has 0 radical (unpaired) electrons. The molecule has 0 aromatic carbocycles. The van der Waals surface area contributed by atoms with Gasteiger partial charge in [-0.3, -0.25) is 23.4 Å². The molecule has 14 heteroatoms. The Morgan fingerprint density at radius 1 is 1.03 bits per heavy atom. The Hall–Kier alpha value is -2.58. The average molecular weight is 541 g/mol. The Kier molecular flexibility index (Phi) is 17.6. The van der Waals surface area contributed by atoms with E-state index in [-0.39, 0.29) is 37.8 Å². The van der Waals surface area contributed by atoms with Gasteiger partial charge in [0.1, 0.15) is 12.4 Å². The first-order valence-electron chi connectivity index (χ1n) is 10.4. The van der Waals surface area contributed by atoms with Crippen LogP contribution >= 0.6 is 0 Å². The molecular weight excluding hydrogens is 504 g/mol. The number of esters is 1. The van der Waals surface area contributed by atoms with Crippen molar-refractivity contribution in [3.63, 3.8) is 0 Å². The molecule has 0 rings (SSSR count). The van der Waals surface area contributed by atoms with E-state index < -0.39 is 50.8 Å². The molecule has 0 aliphatic carbocycles. The number of methoxy groups -OCH3 is 1. The van der Waals surface area contributed by atoms with Crippen molar-refractivity contribution in [2.24, 2.45) is 10.8 Å². The Bertz CT molecular complexity index is 801. The van der Waals surface area contributed by atoms with E-state index in [0.29, 0.717) is 6.42 Å². The Morgan fingerprint density at radius 3 is 2.00 bits per heavy atom. The number of rotatable bonds is 16. The molecular formula is C21H36N2O10S2. The van der Waals surface area contributed by atoms with Gasteiger partial charge in [0.25, 0.3) is 0 Å². The minimum Gasteiger partial charge on any atom is -0.481 e. The van der Waals surface area contributed by atoms with Crippen LogP contribution in [0.1, 0.15) is 40.5 Å². The van der Waals surface area contributed by atoms with Gasteiger partial charge in [-0.2, -0.15) is 0 Å². The molecule has 3 atom stereocenters. The highest BCUT2D eigenvalue weighted by atomic mass is 32.2. The van der Waals surface area contributed by atoms with Gasteiger partial charge in [0.15, 0.2) is 11.1 Å². The first-order chi connectivity index (χ1) is 16.2. The van der Waals surface area contributed by atoms with Gasteiger partial charge in [0, 0.05) is 18.5 Å². The van der Waals surface area contributed by atoms with E-state index in [4.69, 9.17) is 5.11 Å². The lowest BCUT2D eigenvalue weighted by Gasteiger charge is -2.31. The van der Waals surface area contributed by atoms with Crippen LogP contribution in [0.3, 0.4) is 0 Å². The largest absolute Gasteiger partial charge is 0.481 e. The summed E-state index contributed by atoms with van der Waals surface area (Å²) in [5, 5.41) is 15.0. The maximum atomic E-state index is 11.4. The van der Waals surface area contributed by atoms with Crippen LogP contribution in [0.5, 0.6) is 0 Å². The molecule has 12 nitrogen and oxygen atoms in total. The van der Waals surface area contributed by atoms with E-state index in [1.54, 1.807) is 20.8 Å². The number of carbonyl (C=O) groups excluding carboxylic acids is 3. The smallest absolute Gasteiger partial charge is 0.311 e. The molecule has 202 valence electrons. The van der Waals surface area contributed by atoms with Crippen molar-refractivity contribution in [1.29, 1.82) is 0 Å². The number of aliphatic carboxylic acids is 1. The van der Waals surface area contributed by atoms with E-state index in [9.17, 15) is 27.6 Å². The summed E-state index contributed by atoms with van der Waals surface area (Å²) in [6.45, 7) is 13.2. The van der Waals surface area contributed by atoms with Gasteiger partial charge in [0.05, 0.1) is 24.2 Å². The van der Waals surface area contributed by atoms with E-state index in [1.807, 2.05) is 6.92 Å². The molecule has 35 heavy (non-hydrogen) atoms. The molecule has 0 saturated carbocycles. The van der Waals surface area contributed by atoms with Gasteiger partial charge in [-0.25, -0.2) is 8.42 Å². The van der Waals surface area contributed by atoms with Crippen LogP contribution in [-0.4, -0.2) is 69.8 Å². The second-order valence-corrected chi connectivity index (χ2v) is 10.1. The molecule has 0 aliphatic rings. The van der Waals surface area contributed by atoms with E-state index in [2.05, 4.69) is 36.9 Å². The first kappa shape index (κ1) is 34.6. The number of carboxylic acid groups (broad SMARTS) is 1. The number of hydrogen-bond donors (Lipinski definition) is 3. The lowest BCUT2D eigenvalue weighted by molar-refractivity contribution is -0.157. The van der Waals surface area contributed by atoms with Crippen molar-refractivity contribution in [3.8, 4) is 0 Å². The van der Waals surface area contributed by atoms with Gasteiger partial charge in [-0.1, -0.05) is 20.1 Å². The fourth-order valence-corrected chi connectivity index (χ4v) is 3.41. The maximum absolute atomic E-state index is 11.4. The summed E-state index contributed by atoms with van der Waals surface area (Å²) in [7, 11) is 1.31. The van der Waals surface area contributed by atoms with Crippen molar-refractivity contribution in [1.82, 2.24) is 10.6 Å². The Morgan fingerprint density at radius 2 is 1.57 bits per heavy atom. The van der Waals surface area contributed by atoms with Crippen molar-refractivity contribution >= 4 is 45.9 Å². The van der Waals surface area contributed by atoms with E-state index >= 15 is 0 Å². The van der Waals surface area contributed by atoms with Crippen LogP contribution in [0, 0.1) is 10.8 Å². The summed E-state index contributed by atoms with van der Waals surface area (Å²) in [5.41, 5.74) is -1.64. The SMILES string of the molecule is C=COS(=O)CC(=O)NCCNC(=O)COS(=O)C=C.CCC(C)(CC(C)(C)C(=O)OC)C(=O)O. The summed E-state index contributed by atoms with van der Waals surface area (Å²) >= 11 is -3.45. The number of carbonyl (C=O) groups is 4. The van der Waals surface area contributed by atoms with Gasteiger partial charge in [-0.05, 0) is 33.6 Å². The molecule has 0 heterocycles. The molecule has 0 aromatic rings. The molecule has 0 bridgehead atoms. The van der Waals surface area contributed by atoms with E-state index in [1.165, 1.54) is 7.11 Å². The van der Waals surface area contributed by atoms with Gasteiger partial charge >= 0.3 is 11.9 Å². The van der Waals surface area contributed by atoms with Crippen LogP contribution in [0.4, 0.5) is 0 Å². The number of carboxylic acids is 1. The zero-order valence-electron chi connectivity index (χ0n) is 20.7. The quantitative estimate of drug-likeness (QED) is 0.145. The summed E-state index contributed by atoms with van der Waals surface area (Å²) in [6, 6.07) is 0. The molecule has 0 saturated heterocycles. The lowest BCUT2D eigenvalue weighted by Crippen LogP contribution is -2.37. The maximum Gasteiger partial charge on any atom is 0.311 e. The zero-order chi connectivity index (χ0) is 27.7. The van der Waals surface area contributed by atoms with Gasteiger partial charge in [-0.15, -0.1) is 0 Å². The first-order valence-corrected chi connectivity index (χ1v) is 12.7. The number of amides is 2. The van der Waals surface area contributed by atoms with Crippen LogP contribution in [-0.2, 0) is 54.4 Å². The monoisotopic (exact) mass is 540 g/mol.